The van der Waals surface area contributed by atoms with Crippen LogP contribution in [0.2, 0.25) is 0 Å². The van der Waals surface area contributed by atoms with Crippen LogP contribution in [-0.4, -0.2) is 12.8 Å². The van der Waals surface area contributed by atoms with Crippen molar-refractivity contribution in [1.29, 1.82) is 5.26 Å². The third-order valence-electron chi connectivity index (χ3n) is 0.428. The van der Waals surface area contributed by atoms with Gasteiger partial charge in [-0.05, 0) is 6.92 Å². The Balaban J connectivity index is 2.97. The van der Waals surface area contributed by atoms with Crippen molar-refractivity contribution in [1.82, 2.24) is 0 Å². The molecule has 0 saturated carbocycles. The number of hydrogen-bond acceptors (Lipinski definition) is 2. The van der Waals surface area contributed by atoms with Crippen LogP contribution in [0.3, 0.4) is 0 Å². The summed E-state index contributed by atoms with van der Waals surface area (Å²) in [6.07, 6.45) is 2.86. The molecule has 0 spiro atoms. The maximum Gasteiger partial charge on any atom is 0.0788 e. The first-order chi connectivity index (χ1) is 3.41. The predicted molar refractivity (Wildman–Crippen MR) is 28.2 cm³/mol. The molecule has 7 heavy (non-hydrogen) atoms. The van der Waals surface area contributed by atoms with Crippen molar-refractivity contribution in [2.75, 3.05) is 6.54 Å². The highest BCUT2D eigenvalue weighted by atomic mass is 14.7. The molecule has 0 aliphatic carbocycles. The van der Waals surface area contributed by atoms with Gasteiger partial charge in [-0.25, -0.2) is 0 Å². The van der Waals surface area contributed by atoms with Gasteiger partial charge in [-0.3, -0.25) is 4.99 Å². The lowest BCUT2D eigenvalue weighted by Crippen LogP contribution is -1.71. The fourth-order valence-corrected chi connectivity index (χ4v) is 0.203. The molecule has 2 nitrogen and oxygen atoms in total. The second-order valence-corrected chi connectivity index (χ2v) is 0.967. The molecule has 0 N–H and O–H groups in total. The third-order valence-corrected chi connectivity index (χ3v) is 0.428. The molecule has 0 unspecified atom stereocenters. The van der Waals surface area contributed by atoms with Gasteiger partial charge < -0.3 is 0 Å². The van der Waals surface area contributed by atoms with Crippen LogP contribution in [0.25, 0.3) is 0 Å². The zero-order valence-corrected chi connectivity index (χ0v) is 4.31. The van der Waals surface area contributed by atoms with Crippen LogP contribution in [0.5, 0.6) is 0 Å². The smallest absolute Gasteiger partial charge is 0.0788 e. The molecule has 0 amide bonds. The van der Waals surface area contributed by atoms with Gasteiger partial charge in [0.05, 0.1) is 18.7 Å². The summed E-state index contributed by atoms with van der Waals surface area (Å²) < 4.78 is 0. The van der Waals surface area contributed by atoms with E-state index in [9.17, 15) is 0 Å². The molecule has 0 saturated heterocycles. The second kappa shape index (κ2) is 5.16. The van der Waals surface area contributed by atoms with Gasteiger partial charge in [-0.2, -0.15) is 5.26 Å². The summed E-state index contributed by atoms with van der Waals surface area (Å²) in [5, 5.41) is 7.92. The van der Waals surface area contributed by atoms with E-state index in [-0.39, 0.29) is 0 Å². The standard InChI is InChI=1S/C5H7N2/c1-2-7-5-3-4-6/h2-3H2,1H3. The number of aliphatic imine (C=N–C) groups is 1. The second-order valence-electron chi connectivity index (χ2n) is 0.967. The molecule has 0 bridgehead atoms. The van der Waals surface area contributed by atoms with Gasteiger partial charge >= 0.3 is 0 Å². The van der Waals surface area contributed by atoms with Crippen LogP contribution in [0.1, 0.15) is 13.3 Å². The van der Waals surface area contributed by atoms with E-state index >= 15 is 0 Å². The summed E-state index contributed by atoms with van der Waals surface area (Å²) in [4.78, 5) is 3.69. The van der Waals surface area contributed by atoms with Gasteiger partial charge in [0.25, 0.3) is 0 Å². The molecular weight excluding hydrogens is 88.1 g/mol. The molecule has 2 heteroatoms. The van der Waals surface area contributed by atoms with Crippen LogP contribution < -0.4 is 0 Å². The van der Waals surface area contributed by atoms with Crippen LogP contribution in [0.4, 0.5) is 0 Å². The van der Waals surface area contributed by atoms with E-state index < -0.39 is 0 Å². The zero-order chi connectivity index (χ0) is 5.54. The number of nitriles is 1. The summed E-state index contributed by atoms with van der Waals surface area (Å²) in [5.74, 6) is 0. The monoisotopic (exact) mass is 95.1 g/mol. The highest BCUT2D eigenvalue weighted by Crippen LogP contribution is 1.67. The lowest BCUT2D eigenvalue weighted by molar-refractivity contribution is 1.13. The molecule has 1 radical (unpaired) electrons. The highest BCUT2D eigenvalue weighted by Gasteiger charge is 1.68. The predicted octanol–water partition coefficient (Wildman–Crippen LogP) is 0.868. The molecule has 0 aliphatic heterocycles. The minimum atomic E-state index is 0.313. The van der Waals surface area contributed by atoms with Gasteiger partial charge in [-0.15, -0.1) is 0 Å². The van der Waals surface area contributed by atoms with E-state index in [1.165, 1.54) is 0 Å². The fraction of sp³-hybridized carbons (Fsp3) is 0.600. The molecule has 0 aromatic carbocycles. The molecule has 0 atom stereocenters. The quantitative estimate of drug-likeness (QED) is 0.469. The minimum Gasteiger partial charge on any atom is -0.287 e. The van der Waals surface area contributed by atoms with Gasteiger partial charge in [0.2, 0.25) is 0 Å². The Labute approximate surface area is 43.5 Å². The lowest BCUT2D eigenvalue weighted by atomic mass is 10.5. The van der Waals surface area contributed by atoms with Crippen molar-refractivity contribution in [3.63, 3.8) is 0 Å². The van der Waals surface area contributed by atoms with Gasteiger partial charge in [-0.1, -0.05) is 0 Å². The summed E-state index contributed by atoms with van der Waals surface area (Å²) in [6, 6.07) is 1.90. The van der Waals surface area contributed by atoms with Crippen LogP contribution in [0, 0.1) is 11.3 Å². The molecule has 0 heterocycles. The third kappa shape index (κ3) is 5.16. The average Bonchev–Trinajstić information content (AvgIpc) is 1.69. The minimum absolute atomic E-state index is 0.313. The SMILES string of the molecule is CC/N=[C]\CC#N. The van der Waals surface area contributed by atoms with Crippen LogP contribution in [-0.2, 0) is 0 Å². The van der Waals surface area contributed by atoms with Crippen molar-refractivity contribution in [3.8, 4) is 6.07 Å². The maximum absolute atomic E-state index is 7.92. The average molecular weight is 95.1 g/mol. The number of nitrogens with zero attached hydrogens (tertiary/aromatic N) is 2. The summed E-state index contributed by atoms with van der Waals surface area (Å²) in [6.45, 7) is 2.63. The van der Waals surface area contributed by atoms with Crippen LogP contribution >= 0.6 is 0 Å². The number of rotatable bonds is 2. The molecule has 0 aromatic heterocycles. The maximum atomic E-state index is 7.92. The Bertz CT molecular complexity index is 88.7. The van der Waals surface area contributed by atoms with E-state index in [0.29, 0.717) is 6.42 Å². The van der Waals surface area contributed by atoms with Gasteiger partial charge in [0.15, 0.2) is 0 Å². The Morgan fingerprint density at radius 2 is 2.43 bits per heavy atom. The van der Waals surface area contributed by atoms with Crippen molar-refractivity contribution in [2.24, 2.45) is 4.99 Å². The first-order valence-electron chi connectivity index (χ1n) is 2.18. The summed E-state index contributed by atoms with van der Waals surface area (Å²) >= 11 is 0. The van der Waals surface area contributed by atoms with Crippen molar-refractivity contribution in [2.45, 2.75) is 13.3 Å². The molecule has 0 fully saturated rings. The number of hydrogen-bond donors (Lipinski definition) is 0. The Morgan fingerprint density at radius 3 is 2.86 bits per heavy atom. The molecule has 0 aromatic rings. The normalized spacial score (nSPS) is 9.14. The molecular formula is C5H7N2. The van der Waals surface area contributed by atoms with Crippen molar-refractivity contribution in [3.05, 3.63) is 0 Å². The first-order valence-corrected chi connectivity index (χ1v) is 2.18. The highest BCUT2D eigenvalue weighted by molar-refractivity contribution is 5.59. The van der Waals surface area contributed by atoms with Gasteiger partial charge in [0, 0.05) is 6.54 Å². The first kappa shape index (κ1) is 6.16. The Hall–Kier alpha value is -0.840. The zero-order valence-electron chi connectivity index (χ0n) is 4.31. The summed E-state index contributed by atoms with van der Waals surface area (Å²) in [5.41, 5.74) is 0. The van der Waals surface area contributed by atoms with Crippen molar-refractivity contribution < 1.29 is 0 Å². The lowest BCUT2D eigenvalue weighted by Gasteiger charge is -1.71. The summed E-state index contributed by atoms with van der Waals surface area (Å²) in [7, 11) is 0. The van der Waals surface area contributed by atoms with Crippen molar-refractivity contribution >= 4 is 6.21 Å². The van der Waals surface area contributed by atoms with E-state index in [2.05, 4.69) is 11.2 Å². The fourth-order valence-electron chi connectivity index (χ4n) is 0.203. The largest absolute Gasteiger partial charge is 0.287 e. The van der Waals surface area contributed by atoms with E-state index in [0.717, 1.165) is 6.54 Å². The van der Waals surface area contributed by atoms with E-state index in [1.54, 1.807) is 0 Å². The van der Waals surface area contributed by atoms with E-state index in [1.807, 2.05) is 13.0 Å². The Morgan fingerprint density at radius 1 is 1.71 bits per heavy atom. The Kier molecular flexibility index (Phi) is 4.54. The molecule has 0 rings (SSSR count). The van der Waals surface area contributed by atoms with E-state index in [4.69, 9.17) is 5.26 Å². The molecule has 37 valence electrons. The topological polar surface area (TPSA) is 36.1 Å². The van der Waals surface area contributed by atoms with Crippen LogP contribution in [0.15, 0.2) is 4.99 Å². The van der Waals surface area contributed by atoms with Gasteiger partial charge in [0.1, 0.15) is 0 Å². The molecule has 0 aliphatic rings.